The van der Waals surface area contributed by atoms with E-state index in [0.717, 1.165) is 15.0 Å². The molecule has 0 saturated carbocycles. The Morgan fingerprint density at radius 3 is 1.89 bits per heavy atom. The fourth-order valence-electron chi connectivity index (χ4n) is 5.48. The maximum atomic E-state index is 13.9. The zero-order valence-electron chi connectivity index (χ0n) is 21.0. The van der Waals surface area contributed by atoms with Crippen LogP contribution in [0, 0.1) is 11.6 Å². The van der Waals surface area contributed by atoms with Crippen LogP contribution in [-0.4, -0.2) is 18.1 Å². The quantitative estimate of drug-likeness (QED) is 0.294. The number of hydrogen-bond donors (Lipinski definition) is 0. The van der Waals surface area contributed by atoms with Crippen LogP contribution in [0.25, 0.3) is 6.08 Å². The van der Waals surface area contributed by atoms with Gasteiger partial charge in [0.05, 0.1) is 0 Å². The van der Waals surface area contributed by atoms with E-state index in [4.69, 9.17) is 6.64 Å². The van der Waals surface area contributed by atoms with Gasteiger partial charge in [0.2, 0.25) is 0 Å². The van der Waals surface area contributed by atoms with Gasteiger partial charge in [-0.25, -0.2) is 0 Å². The predicted octanol–water partition coefficient (Wildman–Crippen LogP) is 7.36. The first kappa shape index (κ1) is 26.2. The minimum atomic E-state index is -5.44. The first-order valence-corrected chi connectivity index (χ1v) is 20.1. The van der Waals surface area contributed by atoms with Crippen LogP contribution in [0.2, 0.25) is 13.1 Å². The summed E-state index contributed by atoms with van der Waals surface area (Å²) >= 11 is -5.44. The van der Waals surface area contributed by atoms with E-state index in [1.807, 2.05) is 67.7 Å². The monoisotopic (exact) mass is 564 g/mol. The average molecular weight is 564 g/mol. The molecule has 4 nitrogen and oxygen atoms in total. The average Bonchev–Trinajstić information content (AvgIpc) is 3.60. The number of halogens is 2. The Morgan fingerprint density at radius 1 is 0.842 bits per heavy atom. The summed E-state index contributed by atoms with van der Waals surface area (Å²) in [4.78, 5) is 27.8. The summed E-state index contributed by atoms with van der Waals surface area (Å²) in [5.41, 5.74) is 2.25. The predicted molar refractivity (Wildman–Crippen MR) is 141 cm³/mol. The maximum absolute atomic E-state index is 13.9. The van der Waals surface area contributed by atoms with Crippen molar-refractivity contribution in [3.8, 4) is 0 Å². The Morgan fingerprint density at radius 2 is 1.39 bits per heavy atom. The second kappa shape index (κ2) is 10.1. The third-order valence-electron chi connectivity index (χ3n) is 7.44. The van der Waals surface area contributed by atoms with E-state index in [1.54, 1.807) is 0 Å². The van der Waals surface area contributed by atoms with Crippen molar-refractivity contribution in [3.05, 3.63) is 135 Å². The summed E-state index contributed by atoms with van der Waals surface area (Å²) in [5, 5.41) is 0. The molecule has 1 unspecified atom stereocenters. The molecule has 0 N–H and O–H groups in total. The Hall–Kier alpha value is -3.39. The van der Waals surface area contributed by atoms with Crippen molar-refractivity contribution in [2.45, 2.75) is 23.7 Å². The van der Waals surface area contributed by atoms with Crippen molar-refractivity contribution >= 4 is 24.2 Å². The number of fused-ring (bicyclic) bond motifs is 1. The summed E-state index contributed by atoms with van der Waals surface area (Å²) in [7, 11) is 0. The standard InChI is InChI=1S/C9H7.2C7H5FO2.C5H5.C2H6Si.Ti/c1-2-5-9-7-3-6-8(9)4-1;2*8-6-3-1-5(2-4-6)7(9)10;1-2-4-5-3-1;1-3-2;/h1-7H;2*1-4H,(H,9,10);1-3H,4H2;1-2H3;/q;;;;;+2/p-2. The molecule has 0 bridgehead atoms. The van der Waals surface area contributed by atoms with E-state index in [2.05, 4.69) is 0 Å². The first-order valence-electron chi connectivity index (χ1n) is 12.3. The molecular formula is C30H26F2O4SiTi. The summed E-state index contributed by atoms with van der Waals surface area (Å²) in [5.74, 6) is -2.27. The summed E-state index contributed by atoms with van der Waals surface area (Å²) in [6.07, 6.45) is 8.51. The van der Waals surface area contributed by atoms with Crippen LogP contribution in [0.4, 0.5) is 8.78 Å². The molecule has 0 heterocycles. The second-order valence-electron chi connectivity index (χ2n) is 9.72. The molecule has 0 aliphatic heterocycles. The van der Waals surface area contributed by atoms with Crippen LogP contribution in [0.5, 0.6) is 0 Å². The number of allylic oxidation sites excluding steroid dienone is 5. The van der Waals surface area contributed by atoms with E-state index in [9.17, 15) is 18.4 Å². The molecule has 2 aliphatic rings. The van der Waals surface area contributed by atoms with Crippen LogP contribution < -0.4 is 0 Å². The van der Waals surface area contributed by atoms with Crippen molar-refractivity contribution in [1.82, 2.24) is 0 Å². The molecule has 0 fully saturated rings. The zero-order valence-corrected chi connectivity index (χ0v) is 23.5. The number of carbonyl (C=O) groups excluding carboxylic acids is 2. The normalized spacial score (nSPS) is 16.1. The van der Waals surface area contributed by atoms with Crippen molar-refractivity contribution in [2.24, 2.45) is 0 Å². The summed E-state index contributed by atoms with van der Waals surface area (Å²) in [6, 6.07) is 18.1. The molecule has 5 rings (SSSR count). The molecule has 3 aromatic carbocycles. The molecule has 0 saturated heterocycles. The van der Waals surface area contributed by atoms with Crippen molar-refractivity contribution in [1.29, 1.82) is 0 Å². The van der Waals surface area contributed by atoms with Gasteiger partial charge in [-0.05, 0) is 0 Å². The second-order valence-corrected chi connectivity index (χ2v) is 26.5. The first-order chi connectivity index (χ1) is 18.2. The molecule has 38 heavy (non-hydrogen) atoms. The van der Waals surface area contributed by atoms with Gasteiger partial charge in [0.1, 0.15) is 0 Å². The summed E-state index contributed by atoms with van der Waals surface area (Å²) < 4.78 is 41.2. The van der Waals surface area contributed by atoms with Crippen LogP contribution in [0.1, 0.15) is 42.5 Å². The number of rotatable bonds is 6. The molecular weight excluding hydrogens is 538 g/mol. The van der Waals surface area contributed by atoms with Gasteiger partial charge in [-0.15, -0.1) is 0 Å². The van der Waals surface area contributed by atoms with Gasteiger partial charge in [-0.3, -0.25) is 0 Å². The molecule has 0 aromatic heterocycles. The van der Waals surface area contributed by atoms with E-state index < -0.39 is 48.8 Å². The minimum absolute atomic E-state index is 0.171. The van der Waals surface area contributed by atoms with Gasteiger partial charge < -0.3 is 0 Å². The van der Waals surface area contributed by atoms with Gasteiger partial charge in [0.15, 0.2) is 0 Å². The molecule has 1 atom stereocenters. The molecule has 0 spiro atoms. The number of carbonyl (C=O) groups is 2. The van der Waals surface area contributed by atoms with Crippen molar-refractivity contribution in [3.63, 3.8) is 0 Å². The van der Waals surface area contributed by atoms with Gasteiger partial charge in [0.25, 0.3) is 0 Å². The molecule has 8 heteroatoms. The molecule has 2 aliphatic carbocycles. The fourth-order valence-corrected chi connectivity index (χ4v) is 24.0. The number of hydrogen-bond acceptors (Lipinski definition) is 4. The Kier molecular flexibility index (Phi) is 6.94. The number of benzene rings is 3. The molecule has 192 valence electrons. The fraction of sp³-hybridized carbons (Fsp3) is 0.133. The molecule has 3 aromatic rings. The topological polar surface area (TPSA) is 52.6 Å². The SMILES string of the molecule is C[Si](C)=[Ti]([O]C(=O)c1ccc(F)cc1)([O]C(=O)c1ccc(F)cc1)([C]1=CC=CC1)[CH]1C=Cc2ccccc21. The third kappa shape index (κ3) is 4.25. The van der Waals surface area contributed by atoms with Crippen LogP contribution in [0.15, 0.2) is 101 Å². The van der Waals surface area contributed by atoms with Gasteiger partial charge in [-0.1, -0.05) is 0 Å². The van der Waals surface area contributed by atoms with Crippen LogP contribution in [-0.2, 0) is 21.5 Å². The van der Waals surface area contributed by atoms with E-state index in [1.165, 1.54) is 48.5 Å². The van der Waals surface area contributed by atoms with E-state index in [-0.39, 0.29) is 11.1 Å². The Bertz CT molecular complexity index is 1530. The Balaban J connectivity index is 1.78. The van der Waals surface area contributed by atoms with Gasteiger partial charge in [-0.2, -0.15) is 0 Å². The molecule has 0 amide bonds. The summed E-state index contributed by atoms with van der Waals surface area (Å²) in [6.45, 7) is 4.04. The third-order valence-corrected chi connectivity index (χ3v) is 28.5. The van der Waals surface area contributed by atoms with E-state index >= 15 is 0 Å². The zero-order chi connectivity index (χ0) is 26.9. The van der Waals surface area contributed by atoms with Crippen molar-refractivity contribution in [2.75, 3.05) is 0 Å². The van der Waals surface area contributed by atoms with Gasteiger partial charge in [0, 0.05) is 0 Å². The van der Waals surface area contributed by atoms with Crippen LogP contribution in [0.3, 0.4) is 0 Å². The van der Waals surface area contributed by atoms with Crippen LogP contribution >= 0.6 is 0 Å². The van der Waals surface area contributed by atoms with Crippen molar-refractivity contribution < 1.29 is 39.8 Å². The molecule has 0 radical (unpaired) electrons. The van der Waals surface area contributed by atoms with E-state index in [0.29, 0.717) is 6.42 Å². The Labute approximate surface area is 221 Å². The van der Waals surface area contributed by atoms with Gasteiger partial charge >= 0.3 is 223 Å².